The molecule has 32 heavy (non-hydrogen) atoms. The first kappa shape index (κ1) is 23.0. The molecule has 0 radical (unpaired) electrons. The second kappa shape index (κ2) is 12.3. The quantitative estimate of drug-likeness (QED) is 0.269. The second-order valence-electron chi connectivity index (χ2n) is 7.25. The lowest BCUT2D eigenvalue weighted by Crippen LogP contribution is -2.48. The number of carbonyl (C=O) groups is 2. The third-order valence-corrected chi connectivity index (χ3v) is 4.61. The number of esters is 1. The Morgan fingerprint density at radius 3 is 2.50 bits per heavy atom. The van der Waals surface area contributed by atoms with E-state index in [1.807, 2.05) is 67.6 Å². The lowest BCUT2D eigenvalue weighted by molar-refractivity contribution is -0.145. The van der Waals surface area contributed by atoms with Crippen LogP contribution >= 0.6 is 0 Å². The molecule has 0 bridgehead atoms. The molecule has 0 unspecified atom stereocenters. The van der Waals surface area contributed by atoms with Gasteiger partial charge in [0, 0.05) is 18.2 Å². The summed E-state index contributed by atoms with van der Waals surface area (Å²) < 4.78 is 10.7. The van der Waals surface area contributed by atoms with Crippen molar-refractivity contribution in [3.8, 4) is 11.3 Å². The average molecular weight is 437 g/mol. The Bertz CT molecular complexity index is 976. The van der Waals surface area contributed by atoms with Crippen LogP contribution in [0.15, 0.2) is 71.3 Å². The predicted octanol–water partition coefficient (Wildman–Crippen LogP) is 3.90. The Hall–Kier alpha value is -3.65. The van der Waals surface area contributed by atoms with Gasteiger partial charge in [-0.05, 0) is 12.0 Å². The maximum absolute atomic E-state index is 12.4. The molecule has 3 rings (SSSR count). The van der Waals surface area contributed by atoms with Gasteiger partial charge in [-0.3, -0.25) is 10.2 Å². The maximum atomic E-state index is 12.4. The van der Waals surface area contributed by atoms with Crippen molar-refractivity contribution in [1.29, 1.82) is 0 Å². The Morgan fingerprint density at radius 1 is 1.06 bits per heavy atom. The van der Waals surface area contributed by atoms with E-state index >= 15 is 0 Å². The molecule has 0 aliphatic rings. The standard InChI is InChI=1S/C24H28N4O4/c1-2-3-14-31-23(29)18-28(26-24(30)25-16-19-10-6-4-7-11-19)17-21-15-22(27-32-21)20-12-8-5-9-13-20/h4-13,15H,2-3,14,16-18H2,1H3,(H2,25,26,30). The van der Waals surface area contributed by atoms with Crippen LogP contribution in [-0.2, 0) is 22.6 Å². The molecule has 8 nitrogen and oxygen atoms in total. The van der Waals surface area contributed by atoms with Gasteiger partial charge in [0.1, 0.15) is 12.2 Å². The van der Waals surface area contributed by atoms with Crippen LogP contribution in [0.4, 0.5) is 4.79 Å². The van der Waals surface area contributed by atoms with Gasteiger partial charge in [-0.1, -0.05) is 79.2 Å². The first-order chi connectivity index (χ1) is 15.6. The van der Waals surface area contributed by atoms with Gasteiger partial charge in [0.25, 0.3) is 0 Å². The van der Waals surface area contributed by atoms with Crippen LogP contribution in [0.3, 0.4) is 0 Å². The number of carbonyl (C=O) groups excluding carboxylic acids is 2. The molecule has 0 fully saturated rings. The van der Waals surface area contributed by atoms with Crippen molar-refractivity contribution in [2.45, 2.75) is 32.9 Å². The van der Waals surface area contributed by atoms with Crippen molar-refractivity contribution in [2.75, 3.05) is 13.2 Å². The van der Waals surface area contributed by atoms with Crippen molar-refractivity contribution in [3.05, 3.63) is 78.1 Å². The van der Waals surface area contributed by atoms with E-state index in [9.17, 15) is 9.59 Å². The Balaban J connectivity index is 1.61. The van der Waals surface area contributed by atoms with E-state index in [-0.39, 0.29) is 13.1 Å². The van der Waals surface area contributed by atoms with Gasteiger partial charge in [0.2, 0.25) is 0 Å². The van der Waals surface area contributed by atoms with E-state index in [1.54, 1.807) is 6.07 Å². The predicted molar refractivity (Wildman–Crippen MR) is 120 cm³/mol. The van der Waals surface area contributed by atoms with Gasteiger partial charge >= 0.3 is 12.0 Å². The number of unbranched alkanes of at least 4 members (excludes halogenated alkanes) is 1. The lowest BCUT2D eigenvalue weighted by Gasteiger charge is -2.21. The van der Waals surface area contributed by atoms with Crippen LogP contribution in [0.25, 0.3) is 11.3 Å². The summed E-state index contributed by atoms with van der Waals surface area (Å²) in [4.78, 5) is 24.6. The molecule has 2 N–H and O–H groups in total. The highest BCUT2D eigenvalue weighted by atomic mass is 16.5. The second-order valence-corrected chi connectivity index (χ2v) is 7.25. The number of rotatable bonds is 11. The topological polar surface area (TPSA) is 96.7 Å². The van der Waals surface area contributed by atoms with E-state index in [0.717, 1.165) is 24.0 Å². The number of hydrogen-bond donors (Lipinski definition) is 2. The van der Waals surface area contributed by atoms with E-state index in [1.165, 1.54) is 5.01 Å². The van der Waals surface area contributed by atoms with Crippen molar-refractivity contribution < 1.29 is 18.8 Å². The number of urea groups is 1. The molecule has 0 aliphatic carbocycles. The molecule has 2 amide bonds. The number of amides is 2. The number of nitrogens with zero attached hydrogens (tertiary/aromatic N) is 2. The highest BCUT2D eigenvalue weighted by Gasteiger charge is 2.18. The number of benzene rings is 2. The molecular weight excluding hydrogens is 408 g/mol. The fourth-order valence-electron chi connectivity index (χ4n) is 2.95. The Morgan fingerprint density at radius 2 is 1.78 bits per heavy atom. The first-order valence-corrected chi connectivity index (χ1v) is 10.6. The minimum absolute atomic E-state index is 0.121. The van der Waals surface area contributed by atoms with Crippen LogP contribution in [0, 0.1) is 0 Å². The molecule has 2 aromatic carbocycles. The summed E-state index contributed by atoms with van der Waals surface area (Å²) in [6.45, 7) is 2.77. The normalized spacial score (nSPS) is 10.7. The molecule has 1 aromatic heterocycles. The zero-order valence-corrected chi connectivity index (χ0v) is 18.1. The van der Waals surface area contributed by atoms with E-state index < -0.39 is 12.0 Å². The smallest absolute Gasteiger partial charge is 0.329 e. The molecular formula is C24H28N4O4. The summed E-state index contributed by atoms with van der Waals surface area (Å²) in [5.41, 5.74) is 5.27. The van der Waals surface area contributed by atoms with Crippen molar-refractivity contribution in [3.63, 3.8) is 0 Å². The van der Waals surface area contributed by atoms with Gasteiger partial charge in [0.15, 0.2) is 5.76 Å². The number of hydrazine groups is 1. The SMILES string of the molecule is CCCCOC(=O)CN(Cc1cc(-c2ccccc2)no1)NC(=O)NCc1ccccc1. The highest BCUT2D eigenvalue weighted by molar-refractivity contribution is 5.75. The monoisotopic (exact) mass is 436 g/mol. The van der Waals surface area contributed by atoms with Gasteiger partial charge in [-0.15, -0.1) is 0 Å². The highest BCUT2D eigenvalue weighted by Crippen LogP contribution is 2.19. The summed E-state index contributed by atoms with van der Waals surface area (Å²) in [6.07, 6.45) is 1.72. The molecule has 168 valence electrons. The number of aromatic nitrogens is 1. The van der Waals surface area contributed by atoms with Crippen LogP contribution in [-0.4, -0.2) is 35.3 Å². The summed E-state index contributed by atoms with van der Waals surface area (Å²) in [5, 5.41) is 8.32. The van der Waals surface area contributed by atoms with Gasteiger partial charge in [0.05, 0.1) is 13.2 Å². The van der Waals surface area contributed by atoms with Crippen LogP contribution < -0.4 is 10.7 Å². The number of hydrogen-bond acceptors (Lipinski definition) is 6. The molecule has 1 heterocycles. The van der Waals surface area contributed by atoms with Crippen LogP contribution in [0.2, 0.25) is 0 Å². The van der Waals surface area contributed by atoms with E-state index in [4.69, 9.17) is 9.26 Å². The summed E-state index contributed by atoms with van der Waals surface area (Å²) in [7, 11) is 0. The molecule has 8 heteroatoms. The minimum Gasteiger partial charge on any atom is -0.465 e. The zero-order valence-electron chi connectivity index (χ0n) is 18.1. The molecule has 0 atom stereocenters. The number of nitrogens with one attached hydrogen (secondary N) is 2. The summed E-state index contributed by atoms with van der Waals surface area (Å²) >= 11 is 0. The molecule has 0 spiro atoms. The Labute approximate surface area is 187 Å². The van der Waals surface area contributed by atoms with Crippen LogP contribution in [0.5, 0.6) is 0 Å². The van der Waals surface area contributed by atoms with E-state index in [0.29, 0.717) is 24.6 Å². The van der Waals surface area contributed by atoms with Crippen LogP contribution in [0.1, 0.15) is 31.1 Å². The summed E-state index contributed by atoms with van der Waals surface area (Å²) in [6, 6.07) is 20.5. The van der Waals surface area contributed by atoms with Crippen molar-refractivity contribution in [1.82, 2.24) is 20.9 Å². The Kier molecular flexibility index (Phi) is 8.82. The molecule has 0 aliphatic heterocycles. The fraction of sp³-hybridized carbons (Fsp3) is 0.292. The van der Waals surface area contributed by atoms with Crippen molar-refractivity contribution in [2.24, 2.45) is 0 Å². The number of ether oxygens (including phenoxy) is 1. The minimum atomic E-state index is -0.432. The average Bonchev–Trinajstić information content (AvgIpc) is 3.27. The lowest BCUT2D eigenvalue weighted by atomic mass is 10.1. The third-order valence-electron chi connectivity index (χ3n) is 4.61. The molecule has 0 saturated heterocycles. The van der Waals surface area contributed by atoms with Crippen molar-refractivity contribution >= 4 is 12.0 Å². The first-order valence-electron chi connectivity index (χ1n) is 10.6. The van der Waals surface area contributed by atoms with Gasteiger partial charge in [-0.2, -0.15) is 0 Å². The zero-order chi connectivity index (χ0) is 22.6. The van der Waals surface area contributed by atoms with E-state index in [2.05, 4.69) is 15.9 Å². The third kappa shape index (κ3) is 7.55. The molecule has 0 saturated carbocycles. The molecule has 3 aromatic rings. The largest absolute Gasteiger partial charge is 0.465 e. The summed E-state index contributed by atoms with van der Waals surface area (Å²) in [5.74, 6) is 0.0816. The fourth-order valence-corrected chi connectivity index (χ4v) is 2.95. The van der Waals surface area contributed by atoms with Gasteiger partial charge in [-0.25, -0.2) is 9.80 Å². The maximum Gasteiger partial charge on any atom is 0.329 e. The van der Waals surface area contributed by atoms with Gasteiger partial charge < -0.3 is 14.6 Å².